The zero-order valence-electron chi connectivity index (χ0n) is 16.7. The second-order valence-corrected chi connectivity index (χ2v) is 8.55. The molecule has 2 aromatic heterocycles. The molecule has 0 atom stereocenters. The Morgan fingerprint density at radius 3 is 2.42 bits per heavy atom. The van der Waals surface area contributed by atoms with E-state index in [2.05, 4.69) is 15.4 Å². The van der Waals surface area contributed by atoms with Crippen LogP contribution in [-0.2, 0) is 11.3 Å². The first-order valence-corrected chi connectivity index (χ1v) is 10.6. The van der Waals surface area contributed by atoms with Crippen molar-refractivity contribution in [3.63, 3.8) is 0 Å². The number of nitrogens with zero attached hydrogens (tertiary/aromatic N) is 3. The molecule has 1 N–H and O–H groups in total. The molecule has 2 aromatic carbocycles. The number of hydrogen-bond acceptors (Lipinski definition) is 6. The Hall–Kier alpha value is -3.36. The lowest BCUT2D eigenvalue weighted by molar-refractivity contribution is -0.117. The normalized spacial score (nSPS) is 10.9. The molecule has 0 saturated heterocycles. The van der Waals surface area contributed by atoms with Crippen LogP contribution in [0.5, 0.6) is 0 Å². The highest BCUT2D eigenvalue weighted by Crippen LogP contribution is 2.30. The minimum Gasteiger partial charge on any atom is -0.324 e. The highest BCUT2D eigenvalue weighted by atomic mass is 35.5. The Balaban J connectivity index is 1.67. The molecule has 7 nitrogen and oxygen atoms in total. The molecule has 0 aliphatic carbocycles. The van der Waals surface area contributed by atoms with Crippen LogP contribution in [-0.4, -0.2) is 26.5 Å². The van der Waals surface area contributed by atoms with Crippen molar-refractivity contribution in [2.45, 2.75) is 20.4 Å². The van der Waals surface area contributed by atoms with Gasteiger partial charge in [0.1, 0.15) is 12.2 Å². The fourth-order valence-corrected chi connectivity index (χ4v) is 4.14. The van der Waals surface area contributed by atoms with Crippen LogP contribution in [0.2, 0.25) is 5.02 Å². The maximum Gasteiger partial charge on any atom is 0.294 e. The van der Waals surface area contributed by atoms with Gasteiger partial charge in [-0.1, -0.05) is 23.7 Å². The number of hydrogen-bond donors (Lipinski definition) is 1. The van der Waals surface area contributed by atoms with Crippen molar-refractivity contribution in [2.75, 3.05) is 5.32 Å². The summed E-state index contributed by atoms with van der Waals surface area (Å²) in [5.41, 5.74) is 2.25. The van der Waals surface area contributed by atoms with E-state index >= 15 is 0 Å². The minimum atomic E-state index is -0.431. The highest BCUT2D eigenvalue weighted by Gasteiger charge is 2.18. The third-order valence-corrected chi connectivity index (χ3v) is 5.82. The average molecular weight is 453 g/mol. The Morgan fingerprint density at radius 2 is 1.77 bits per heavy atom. The van der Waals surface area contributed by atoms with Gasteiger partial charge in [-0.3, -0.25) is 14.4 Å². The lowest BCUT2D eigenvalue weighted by Crippen LogP contribution is -2.30. The fraction of sp³-hybridized carbons (Fsp3) is 0.136. The number of Topliss-reactive ketones (excluding diaryl/α,β-unsaturated/α-hetero) is 1. The summed E-state index contributed by atoms with van der Waals surface area (Å²) in [4.78, 5) is 41.2. The van der Waals surface area contributed by atoms with E-state index in [1.54, 1.807) is 36.4 Å². The van der Waals surface area contributed by atoms with Crippen LogP contribution >= 0.6 is 22.9 Å². The fourth-order valence-electron chi connectivity index (χ4n) is 3.09. The van der Waals surface area contributed by atoms with Gasteiger partial charge in [0.2, 0.25) is 5.91 Å². The molecule has 0 aliphatic rings. The predicted molar refractivity (Wildman–Crippen MR) is 122 cm³/mol. The molecule has 0 bridgehead atoms. The maximum atomic E-state index is 12.9. The van der Waals surface area contributed by atoms with Crippen LogP contribution in [0.25, 0.3) is 21.5 Å². The van der Waals surface area contributed by atoms with Crippen molar-refractivity contribution in [3.05, 3.63) is 74.5 Å². The van der Waals surface area contributed by atoms with Gasteiger partial charge in [0.05, 0.1) is 9.71 Å². The molecule has 31 heavy (non-hydrogen) atoms. The number of thiazole rings is 1. The zero-order valence-corrected chi connectivity index (χ0v) is 18.3. The Morgan fingerprint density at radius 1 is 1.10 bits per heavy atom. The van der Waals surface area contributed by atoms with Crippen molar-refractivity contribution in [2.24, 2.45) is 0 Å². The number of aryl methyl sites for hydroxylation is 1. The highest BCUT2D eigenvalue weighted by molar-refractivity contribution is 7.19. The first-order chi connectivity index (χ1) is 14.8. The first kappa shape index (κ1) is 20.9. The number of fused-ring (bicyclic) bond motifs is 1. The van der Waals surface area contributed by atoms with Crippen LogP contribution in [0.15, 0.2) is 53.3 Å². The molecular formula is C22H17ClN4O3S. The number of amides is 1. The number of anilines is 1. The van der Waals surface area contributed by atoms with Crippen molar-refractivity contribution in [1.29, 1.82) is 0 Å². The van der Waals surface area contributed by atoms with Gasteiger partial charge in [0.25, 0.3) is 5.56 Å². The number of aromatic nitrogens is 3. The number of halogens is 1. The van der Waals surface area contributed by atoms with Gasteiger partial charge >= 0.3 is 0 Å². The molecule has 156 valence electrons. The van der Waals surface area contributed by atoms with E-state index in [0.29, 0.717) is 26.7 Å². The number of carbonyl (C=O) groups is 2. The number of rotatable bonds is 5. The molecule has 4 rings (SSSR count). The largest absolute Gasteiger partial charge is 0.324 e. The Kier molecular flexibility index (Phi) is 5.67. The SMILES string of the molecule is CC(=O)c1ccc(NC(=O)Cn2nc(-c3ccc(Cl)cc3)c3sc(C)nc3c2=O)cc1. The van der Waals surface area contributed by atoms with Crippen LogP contribution in [0.3, 0.4) is 0 Å². The lowest BCUT2D eigenvalue weighted by atomic mass is 10.1. The summed E-state index contributed by atoms with van der Waals surface area (Å²) in [6.07, 6.45) is 0. The van der Waals surface area contributed by atoms with Gasteiger partial charge in [-0.15, -0.1) is 11.3 Å². The number of carbonyl (C=O) groups excluding carboxylic acids is 2. The van der Waals surface area contributed by atoms with E-state index < -0.39 is 11.5 Å². The molecule has 0 saturated carbocycles. The van der Waals surface area contributed by atoms with Crippen molar-refractivity contribution in [1.82, 2.24) is 14.8 Å². The van der Waals surface area contributed by atoms with Crippen molar-refractivity contribution < 1.29 is 9.59 Å². The van der Waals surface area contributed by atoms with E-state index in [1.807, 2.05) is 19.1 Å². The minimum absolute atomic E-state index is 0.0600. The van der Waals surface area contributed by atoms with Crippen LogP contribution in [0, 0.1) is 6.92 Å². The summed E-state index contributed by atoms with van der Waals surface area (Å²) in [5, 5.41) is 8.50. The summed E-state index contributed by atoms with van der Waals surface area (Å²) in [6.45, 7) is 3.01. The molecule has 0 spiro atoms. The third kappa shape index (κ3) is 4.40. The molecule has 9 heteroatoms. The molecule has 0 aliphatic heterocycles. The monoisotopic (exact) mass is 452 g/mol. The number of ketones is 1. The average Bonchev–Trinajstić information content (AvgIpc) is 3.13. The van der Waals surface area contributed by atoms with E-state index in [0.717, 1.165) is 15.3 Å². The summed E-state index contributed by atoms with van der Waals surface area (Å²) in [6, 6.07) is 13.6. The molecule has 2 heterocycles. The first-order valence-electron chi connectivity index (χ1n) is 9.37. The van der Waals surface area contributed by atoms with Crippen molar-refractivity contribution >= 4 is 50.5 Å². The predicted octanol–water partition coefficient (Wildman–Crippen LogP) is 4.32. The van der Waals surface area contributed by atoms with E-state index in [-0.39, 0.29) is 17.8 Å². The van der Waals surface area contributed by atoms with Crippen LogP contribution < -0.4 is 10.9 Å². The molecule has 1 amide bonds. The van der Waals surface area contributed by atoms with E-state index in [1.165, 1.54) is 18.3 Å². The Bertz CT molecular complexity index is 1360. The third-order valence-electron chi connectivity index (χ3n) is 4.59. The zero-order chi connectivity index (χ0) is 22.1. The smallest absolute Gasteiger partial charge is 0.294 e. The van der Waals surface area contributed by atoms with Gasteiger partial charge in [0.15, 0.2) is 11.3 Å². The summed E-state index contributed by atoms with van der Waals surface area (Å²) >= 11 is 7.37. The lowest BCUT2D eigenvalue weighted by Gasteiger charge is -2.10. The molecule has 0 fully saturated rings. The topological polar surface area (TPSA) is 93.9 Å². The second-order valence-electron chi connectivity index (χ2n) is 6.91. The van der Waals surface area contributed by atoms with E-state index in [9.17, 15) is 14.4 Å². The van der Waals surface area contributed by atoms with Crippen LogP contribution in [0.1, 0.15) is 22.3 Å². The van der Waals surface area contributed by atoms with Gasteiger partial charge < -0.3 is 5.32 Å². The summed E-state index contributed by atoms with van der Waals surface area (Å²) < 4.78 is 1.78. The quantitative estimate of drug-likeness (QED) is 0.455. The van der Waals surface area contributed by atoms with Gasteiger partial charge in [-0.2, -0.15) is 5.10 Å². The maximum absolute atomic E-state index is 12.9. The molecule has 0 radical (unpaired) electrons. The number of benzene rings is 2. The van der Waals surface area contributed by atoms with E-state index in [4.69, 9.17) is 11.6 Å². The van der Waals surface area contributed by atoms with Gasteiger partial charge in [-0.05, 0) is 50.2 Å². The van der Waals surface area contributed by atoms with Gasteiger partial charge in [0, 0.05) is 21.8 Å². The Labute approximate surface area is 186 Å². The standard InChI is InChI=1S/C22H17ClN4O3S/c1-12(28)14-5-9-17(10-6-14)25-18(29)11-27-22(30)20-21(31-13(2)24-20)19(26-27)15-3-7-16(23)8-4-15/h3-10H,11H2,1-2H3,(H,25,29). The molecule has 4 aromatic rings. The summed E-state index contributed by atoms with van der Waals surface area (Å²) in [5.74, 6) is -0.478. The van der Waals surface area contributed by atoms with Crippen molar-refractivity contribution in [3.8, 4) is 11.3 Å². The second kappa shape index (κ2) is 8.41. The summed E-state index contributed by atoms with van der Waals surface area (Å²) in [7, 11) is 0. The van der Waals surface area contributed by atoms with Gasteiger partial charge in [-0.25, -0.2) is 9.67 Å². The molecule has 0 unspecified atom stereocenters. The van der Waals surface area contributed by atoms with Crippen LogP contribution in [0.4, 0.5) is 5.69 Å². The number of nitrogens with one attached hydrogen (secondary N) is 1. The molecular weight excluding hydrogens is 436 g/mol.